The van der Waals surface area contributed by atoms with Gasteiger partial charge in [0.1, 0.15) is 17.2 Å². The molecule has 1 saturated heterocycles. The number of urea groups is 1. The van der Waals surface area contributed by atoms with E-state index in [2.05, 4.69) is 5.32 Å². The van der Waals surface area contributed by atoms with Gasteiger partial charge >= 0.3 is 11.7 Å². The standard InChI is InChI=1S/C19H22FN5O4/c1-2-24-17(27)15(14(26)11-23-9-3-8-22-18(23)28)16(21)25(19(24)29)10-12-4-6-13(20)7-5-12/h4-7H,2-3,8-11,21H2,1H3,(H,22,28). The maximum absolute atomic E-state index is 13.2. The molecule has 154 valence electrons. The molecule has 0 unspecified atom stereocenters. The highest BCUT2D eigenvalue weighted by molar-refractivity contribution is 6.02. The van der Waals surface area contributed by atoms with E-state index in [-0.39, 0.29) is 31.0 Å². The smallest absolute Gasteiger partial charge is 0.332 e. The Hall–Kier alpha value is -3.43. The number of rotatable bonds is 6. The summed E-state index contributed by atoms with van der Waals surface area (Å²) in [4.78, 5) is 51.5. The van der Waals surface area contributed by atoms with Gasteiger partial charge in [-0.2, -0.15) is 0 Å². The Morgan fingerprint density at radius 3 is 2.48 bits per heavy atom. The van der Waals surface area contributed by atoms with E-state index in [1.54, 1.807) is 6.92 Å². The SMILES string of the molecule is CCn1c(=O)c(C(=O)CN2CCCNC2=O)c(N)n(Cc2ccc(F)cc2)c1=O. The van der Waals surface area contributed by atoms with E-state index in [0.717, 1.165) is 9.13 Å². The maximum Gasteiger partial charge on any atom is 0.332 e. The van der Waals surface area contributed by atoms with Crippen molar-refractivity contribution in [2.45, 2.75) is 26.4 Å². The van der Waals surface area contributed by atoms with Crippen molar-refractivity contribution in [3.05, 3.63) is 62.0 Å². The van der Waals surface area contributed by atoms with Crippen LogP contribution < -0.4 is 22.3 Å². The Labute approximate surface area is 165 Å². The van der Waals surface area contributed by atoms with Crippen molar-refractivity contribution in [1.82, 2.24) is 19.4 Å². The van der Waals surface area contributed by atoms with Gasteiger partial charge in [-0.05, 0) is 31.0 Å². The van der Waals surface area contributed by atoms with Crippen LogP contribution in [-0.2, 0) is 13.1 Å². The van der Waals surface area contributed by atoms with Gasteiger partial charge in [-0.15, -0.1) is 0 Å². The number of benzene rings is 1. The lowest BCUT2D eigenvalue weighted by atomic mass is 10.1. The molecule has 3 rings (SSSR count). The summed E-state index contributed by atoms with van der Waals surface area (Å²) < 4.78 is 15.2. The molecule has 2 heterocycles. The lowest BCUT2D eigenvalue weighted by molar-refractivity contribution is 0.0933. The zero-order chi connectivity index (χ0) is 21.1. The first kappa shape index (κ1) is 20.3. The zero-order valence-electron chi connectivity index (χ0n) is 16.0. The first-order valence-electron chi connectivity index (χ1n) is 9.27. The number of hydrogen-bond donors (Lipinski definition) is 2. The monoisotopic (exact) mass is 403 g/mol. The van der Waals surface area contributed by atoms with Crippen LogP contribution >= 0.6 is 0 Å². The fraction of sp³-hybridized carbons (Fsp3) is 0.368. The second-order valence-electron chi connectivity index (χ2n) is 6.74. The molecule has 1 aliphatic heterocycles. The summed E-state index contributed by atoms with van der Waals surface area (Å²) >= 11 is 0. The Bertz CT molecular complexity index is 1060. The first-order valence-corrected chi connectivity index (χ1v) is 9.27. The number of Topliss-reactive ketones (excluding diaryl/α,β-unsaturated/α-hetero) is 1. The quantitative estimate of drug-likeness (QED) is 0.677. The average molecular weight is 403 g/mol. The first-order chi connectivity index (χ1) is 13.8. The average Bonchev–Trinajstić information content (AvgIpc) is 2.69. The van der Waals surface area contributed by atoms with Crippen molar-refractivity contribution in [2.24, 2.45) is 0 Å². The number of amides is 2. The molecule has 1 aliphatic rings. The van der Waals surface area contributed by atoms with E-state index < -0.39 is 28.9 Å². The molecular weight excluding hydrogens is 381 g/mol. The van der Waals surface area contributed by atoms with E-state index in [9.17, 15) is 23.6 Å². The van der Waals surface area contributed by atoms with Crippen LogP contribution in [0.5, 0.6) is 0 Å². The van der Waals surface area contributed by atoms with E-state index in [1.165, 1.54) is 29.2 Å². The predicted octanol–water partition coefficient (Wildman–Crippen LogP) is 0.398. The van der Waals surface area contributed by atoms with Crippen LogP contribution in [0, 0.1) is 5.82 Å². The number of nitrogens with one attached hydrogen (secondary N) is 1. The summed E-state index contributed by atoms with van der Waals surface area (Å²) in [5.74, 6) is -1.33. The number of carbonyl (C=O) groups excluding carboxylic acids is 2. The van der Waals surface area contributed by atoms with Crippen molar-refractivity contribution in [1.29, 1.82) is 0 Å². The summed E-state index contributed by atoms with van der Waals surface area (Å²) in [6.45, 7) is 2.21. The summed E-state index contributed by atoms with van der Waals surface area (Å²) in [6.07, 6.45) is 0.678. The number of anilines is 1. The summed E-state index contributed by atoms with van der Waals surface area (Å²) in [5, 5.41) is 2.63. The molecule has 29 heavy (non-hydrogen) atoms. The maximum atomic E-state index is 13.2. The van der Waals surface area contributed by atoms with E-state index in [0.29, 0.717) is 25.1 Å². The molecular formula is C19H22FN5O4. The second-order valence-corrected chi connectivity index (χ2v) is 6.74. The van der Waals surface area contributed by atoms with Crippen molar-refractivity contribution in [2.75, 3.05) is 25.4 Å². The molecule has 0 aliphatic carbocycles. The molecule has 1 aromatic carbocycles. The summed E-state index contributed by atoms with van der Waals surface area (Å²) in [7, 11) is 0. The normalized spacial score (nSPS) is 14.0. The minimum absolute atomic E-state index is 0.0320. The third-order valence-electron chi connectivity index (χ3n) is 4.82. The van der Waals surface area contributed by atoms with Gasteiger partial charge in [0.05, 0.1) is 13.1 Å². The summed E-state index contributed by atoms with van der Waals surface area (Å²) in [5.41, 5.74) is 4.87. The third kappa shape index (κ3) is 4.05. The number of halogens is 1. The minimum atomic E-state index is -0.784. The molecule has 1 aromatic heterocycles. The van der Waals surface area contributed by atoms with Crippen LogP contribution in [-0.4, -0.2) is 45.5 Å². The highest BCUT2D eigenvalue weighted by atomic mass is 19.1. The van der Waals surface area contributed by atoms with E-state index in [1.807, 2.05) is 0 Å². The molecule has 1 fully saturated rings. The Morgan fingerprint density at radius 2 is 1.86 bits per heavy atom. The predicted molar refractivity (Wildman–Crippen MR) is 104 cm³/mol. The number of carbonyl (C=O) groups is 2. The van der Waals surface area contributed by atoms with Crippen LogP contribution in [0.2, 0.25) is 0 Å². The Kier molecular flexibility index (Phi) is 5.81. The molecule has 0 atom stereocenters. The Balaban J connectivity index is 2.03. The number of nitrogens with two attached hydrogens (primary N) is 1. The molecule has 9 nitrogen and oxygen atoms in total. The van der Waals surface area contributed by atoms with Crippen molar-refractivity contribution < 1.29 is 14.0 Å². The molecule has 2 amide bonds. The third-order valence-corrected chi connectivity index (χ3v) is 4.82. The molecule has 0 radical (unpaired) electrons. The molecule has 0 saturated carbocycles. The minimum Gasteiger partial charge on any atom is -0.384 e. The van der Waals surface area contributed by atoms with Crippen LogP contribution in [0.1, 0.15) is 29.3 Å². The molecule has 2 aromatic rings. The van der Waals surface area contributed by atoms with Crippen LogP contribution in [0.3, 0.4) is 0 Å². The number of nitrogens with zero attached hydrogens (tertiary/aromatic N) is 3. The van der Waals surface area contributed by atoms with E-state index >= 15 is 0 Å². The molecule has 3 N–H and O–H groups in total. The van der Waals surface area contributed by atoms with Gasteiger partial charge in [0.15, 0.2) is 5.78 Å². The van der Waals surface area contributed by atoms with Gasteiger partial charge < -0.3 is 16.0 Å². The van der Waals surface area contributed by atoms with Crippen LogP contribution in [0.4, 0.5) is 15.0 Å². The lowest BCUT2D eigenvalue weighted by Crippen LogP contribution is -2.50. The van der Waals surface area contributed by atoms with E-state index in [4.69, 9.17) is 5.73 Å². The van der Waals surface area contributed by atoms with Crippen LogP contribution in [0.15, 0.2) is 33.9 Å². The Morgan fingerprint density at radius 1 is 1.17 bits per heavy atom. The zero-order valence-corrected chi connectivity index (χ0v) is 16.0. The van der Waals surface area contributed by atoms with Crippen molar-refractivity contribution in [3.63, 3.8) is 0 Å². The van der Waals surface area contributed by atoms with Gasteiger partial charge in [-0.25, -0.2) is 14.0 Å². The largest absolute Gasteiger partial charge is 0.384 e. The number of aromatic nitrogens is 2. The van der Waals surface area contributed by atoms with Gasteiger partial charge in [-0.3, -0.25) is 18.7 Å². The van der Waals surface area contributed by atoms with Gasteiger partial charge in [-0.1, -0.05) is 12.1 Å². The highest BCUT2D eigenvalue weighted by Crippen LogP contribution is 2.12. The molecule has 0 bridgehead atoms. The fourth-order valence-electron chi connectivity index (χ4n) is 3.26. The summed E-state index contributed by atoms with van der Waals surface area (Å²) in [6, 6.07) is 5.07. The van der Waals surface area contributed by atoms with Gasteiger partial charge in [0, 0.05) is 19.6 Å². The second kappa shape index (κ2) is 8.29. The number of ketones is 1. The van der Waals surface area contributed by atoms with Gasteiger partial charge in [0.2, 0.25) is 0 Å². The fourth-order valence-corrected chi connectivity index (χ4v) is 3.26. The number of nitrogen functional groups attached to an aromatic ring is 1. The molecule has 0 spiro atoms. The lowest BCUT2D eigenvalue weighted by Gasteiger charge is -2.27. The molecule has 10 heteroatoms. The highest BCUT2D eigenvalue weighted by Gasteiger charge is 2.26. The van der Waals surface area contributed by atoms with Crippen molar-refractivity contribution >= 4 is 17.6 Å². The van der Waals surface area contributed by atoms with Crippen molar-refractivity contribution in [3.8, 4) is 0 Å². The van der Waals surface area contributed by atoms with Crippen LogP contribution in [0.25, 0.3) is 0 Å². The topological polar surface area (TPSA) is 119 Å². The van der Waals surface area contributed by atoms with Gasteiger partial charge in [0.25, 0.3) is 5.56 Å². The number of hydrogen-bond acceptors (Lipinski definition) is 5.